The number of carbonyl (C=O) groups is 2. The summed E-state index contributed by atoms with van der Waals surface area (Å²) in [6.07, 6.45) is 1.15. The highest BCUT2D eigenvalue weighted by Gasteiger charge is 2.43. The lowest BCUT2D eigenvalue weighted by Crippen LogP contribution is -2.39. The van der Waals surface area contributed by atoms with Crippen LogP contribution in [0, 0.1) is 5.92 Å². The minimum Gasteiger partial charge on any atom is -0.390 e. The zero-order chi connectivity index (χ0) is 18.8. The van der Waals surface area contributed by atoms with E-state index in [4.69, 9.17) is 13.9 Å². The fourth-order valence-electron chi connectivity index (χ4n) is 2.41. The normalized spacial score (nSPS) is 26.3. The largest absolute Gasteiger partial charge is 0.392 e. The lowest BCUT2D eigenvalue weighted by molar-refractivity contribution is -0.246. The van der Waals surface area contributed by atoms with Gasteiger partial charge in [-0.05, 0) is 6.42 Å². The van der Waals surface area contributed by atoms with Crippen LogP contribution in [-0.2, 0) is 33.2 Å². The highest BCUT2D eigenvalue weighted by Crippen LogP contribution is 2.42. The smallest absolute Gasteiger partial charge is 0.390 e. The van der Waals surface area contributed by atoms with Gasteiger partial charge in [-0.25, -0.2) is 9.78 Å². The van der Waals surface area contributed by atoms with Gasteiger partial charge < -0.3 is 19.6 Å². The van der Waals surface area contributed by atoms with Gasteiger partial charge in [0.05, 0.1) is 33.0 Å². The van der Waals surface area contributed by atoms with Crippen molar-refractivity contribution in [1.82, 2.24) is 10.2 Å². The molecule has 1 aliphatic rings. The van der Waals surface area contributed by atoms with Crippen LogP contribution in [0.5, 0.6) is 0 Å². The Bertz CT molecular complexity index is 447. The molecule has 0 spiro atoms. The van der Waals surface area contributed by atoms with Crippen molar-refractivity contribution >= 4 is 20.9 Å². The molecule has 1 rings (SSSR count). The molecule has 0 aromatic carbocycles. The molecular weight excluding hydrogens is 359 g/mol. The van der Waals surface area contributed by atoms with E-state index < -0.39 is 38.7 Å². The van der Waals surface area contributed by atoms with Crippen molar-refractivity contribution in [3.05, 3.63) is 12.3 Å². The zero-order valence-electron chi connectivity index (χ0n) is 14.1. The van der Waals surface area contributed by atoms with E-state index in [0.717, 1.165) is 6.08 Å². The van der Waals surface area contributed by atoms with E-state index >= 15 is 0 Å². The highest BCUT2D eigenvalue weighted by molar-refractivity contribution is 7.41. The first kappa shape index (κ1) is 21.9. The Labute approximate surface area is 146 Å². The summed E-state index contributed by atoms with van der Waals surface area (Å²) in [4.78, 5) is 31.9. The third kappa shape index (κ3) is 6.92. The molecule has 4 unspecified atom stereocenters. The van der Waals surface area contributed by atoms with E-state index in [1.807, 2.05) is 5.32 Å². The van der Waals surface area contributed by atoms with Crippen LogP contribution in [0.15, 0.2) is 12.3 Å². The van der Waals surface area contributed by atoms with Gasteiger partial charge in [0, 0.05) is 25.2 Å². The molecule has 0 saturated heterocycles. The van der Waals surface area contributed by atoms with Gasteiger partial charge in [0.1, 0.15) is 6.10 Å². The van der Waals surface area contributed by atoms with Crippen LogP contribution in [0.2, 0.25) is 0 Å². The second-order valence-electron chi connectivity index (χ2n) is 5.15. The van der Waals surface area contributed by atoms with Gasteiger partial charge in [0.2, 0.25) is 6.41 Å². The molecule has 1 fully saturated rings. The van der Waals surface area contributed by atoms with Gasteiger partial charge >= 0.3 is 8.60 Å². The van der Waals surface area contributed by atoms with Crippen LogP contribution in [0.4, 0.5) is 0 Å². The Morgan fingerprint density at radius 1 is 1.28 bits per heavy atom. The Hall–Kier alpha value is -1.17. The van der Waals surface area contributed by atoms with Gasteiger partial charge in [0.25, 0.3) is 5.91 Å². The van der Waals surface area contributed by atoms with Crippen molar-refractivity contribution in [3.8, 4) is 0 Å². The third-order valence-electron chi connectivity index (χ3n) is 3.62. The van der Waals surface area contributed by atoms with Crippen molar-refractivity contribution in [2.24, 2.45) is 5.92 Å². The minimum atomic E-state index is -1.91. The number of carbonyl (C=O) groups excluding carboxylic acids is 2. The standard InChI is InChI=1S/C13H23N2O9P/c1-15(5-4-11(17)14-8-16)10-6-9(12(18)13(10)19)7-22-25(23-20-2)24-21-3/h4-5,8-10,12-13,18-19H,6-7H2,1-3H3,(H,14,16,17)/b5-4-. The Morgan fingerprint density at radius 2 is 1.92 bits per heavy atom. The lowest BCUT2D eigenvalue weighted by atomic mass is 10.1. The molecule has 25 heavy (non-hydrogen) atoms. The van der Waals surface area contributed by atoms with E-state index in [9.17, 15) is 19.8 Å². The molecule has 144 valence electrons. The molecule has 0 aromatic rings. The molecule has 2 amide bonds. The van der Waals surface area contributed by atoms with Gasteiger partial charge in [-0.3, -0.25) is 14.9 Å². The maximum atomic E-state index is 11.2. The Morgan fingerprint density at radius 3 is 2.48 bits per heavy atom. The molecule has 11 nitrogen and oxygen atoms in total. The van der Waals surface area contributed by atoms with Crippen LogP contribution in [0.1, 0.15) is 6.42 Å². The van der Waals surface area contributed by atoms with Crippen LogP contribution in [-0.4, -0.2) is 73.6 Å². The number of nitrogens with one attached hydrogen (secondary N) is 1. The molecule has 0 aromatic heterocycles. The van der Waals surface area contributed by atoms with Crippen molar-refractivity contribution in [3.63, 3.8) is 0 Å². The maximum absolute atomic E-state index is 11.2. The number of amides is 2. The molecule has 0 bridgehead atoms. The number of hydrogen-bond acceptors (Lipinski definition) is 10. The number of hydrogen-bond donors (Lipinski definition) is 3. The average Bonchev–Trinajstić information content (AvgIpc) is 2.86. The molecule has 0 heterocycles. The lowest BCUT2D eigenvalue weighted by Gasteiger charge is -2.26. The summed E-state index contributed by atoms with van der Waals surface area (Å²) in [6.45, 7) is 0.0380. The maximum Gasteiger partial charge on any atom is 0.392 e. The molecule has 1 aliphatic carbocycles. The van der Waals surface area contributed by atoms with Crippen LogP contribution in [0.25, 0.3) is 0 Å². The second-order valence-corrected chi connectivity index (χ2v) is 6.16. The third-order valence-corrected chi connectivity index (χ3v) is 4.52. The van der Waals surface area contributed by atoms with Crippen LogP contribution >= 0.6 is 8.60 Å². The van der Waals surface area contributed by atoms with Crippen molar-refractivity contribution in [2.75, 3.05) is 27.9 Å². The minimum absolute atomic E-state index is 0.0380. The summed E-state index contributed by atoms with van der Waals surface area (Å²) in [5.74, 6) is -0.987. The number of aliphatic hydroxyl groups excluding tert-OH is 2. The summed E-state index contributed by atoms with van der Waals surface area (Å²) in [5.41, 5.74) is 0. The van der Waals surface area contributed by atoms with Crippen LogP contribution < -0.4 is 5.32 Å². The van der Waals surface area contributed by atoms with E-state index in [2.05, 4.69) is 9.78 Å². The average molecular weight is 382 g/mol. The van der Waals surface area contributed by atoms with E-state index in [-0.39, 0.29) is 13.0 Å². The molecule has 4 atom stereocenters. The first-order valence-corrected chi connectivity index (χ1v) is 8.39. The molecule has 1 saturated carbocycles. The van der Waals surface area contributed by atoms with Gasteiger partial charge in [0.15, 0.2) is 0 Å². The van der Waals surface area contributed by atoms with Gasteiger partial charge in [-0.15, -0.1) is 0 Å². The summed E-state index contributed by atoms with van der Waals surface area (Å²) in [5, 5.41) is 22.3. The van der Waals surface area contributed by atoms with Crippen molar-refractivity contribution in [1.29, 1.82) is 0 Å². The van der Waals surface area contributed by atoms with Gasteiger partial charge in [-0.2, -0.15) is 9.35 Å². The summed E-state index contributed by atoms with van der Waals surface area (Å²) in [7, 11) is 2.30. The summed E-state index contributed by atoms with van der Waals surface area (Å²) in [6, 6.07) is -0.443. The van der Waals surface area contributed by atoms with Crippen LogP contribution in [0.3, 0.4) is 0 Å². The highest BCUT2D eigenvalue weighted by atomic mass is 31.2. The zero-order valence-corrected chi connectivity index (χ0v) is 15.0. The second kappa shape index (κ2) is 11.4. The SMILES string of the molecule is COOP(OCC1CC(N(C)/C=C\C(=O)NC=O)C(O)C1O)OOC. The fraction of sp³-hybridized carbons (Fsp3) is 0.692. The number of nitrogens with zero attached hydrogens (tertiary/aromatic N) is 1. The number of aliphatic hydroxyl groups is 2. The Kier molecular flexibility index (Phi) is 10.0. The first-order valence-electron chi connectivity index (χ1n) is 7.29. The monoisotopic (exact) mass is 382 g/mol. The Balaban J connectivity index is 2.57. The first-order chi connectivity index (χ1) is 11.9. The topological polar surface area (TPSA) is 136 Å². The molecule has 0 aliphatic heterocycles. The predicted molar refractivity (Wildman–Crippen MR) is 84.1 cm³/mol. The molecule has 3 N–H and O–H groups in total. The van der Waals surface area contributed by atoms with Crippen molar-refractivity contribution < 1.29 is 43.4 Å². The van der Waals surface area contributed by atoms with Gasteiger partial charge in [-0.1, -0.05) is 0 Å². The van der Waals surface area contributed by atoms with E-state index in [1.54, 1.807) is 11.9 Å². The number of imide groups is 1. The van der Waals surface area contributed by atoms with E-state index in [0.29, 0.717) is 6.42 Å². The number of likely N-dealkylation sites (N-methyl/N-ethyl adjacent to an activating group) is 1. The molecule has 0 radical (unpaired) electrons. The summed E-state index contributed by atoms with van der Waals surface area (Å²) < 4.78 is 14.8. The molecular formula is C13H23N2O9P. The van der Waals surface area contributed by atoms with Crippen molar-refractivity contribution in [2.45, 2.75) is 24.7 Å². The number of rotatable bonds is 11. The van der Waals surface area contributed by atoms with E-state index in [1.165, 1.54) is 20.4 Å². The fourth-order valence-corrected chi connectivity index (χ4v) is 3.07. The summed E-state index contributed by atoms with van der Waals surface area (Å²) >= 11 is 0. The quantitative estimate of drug-likeness (QED) is 0.137. The predicted octanol–water partition coefficient (Wildman–Crippen LogP) is -0.786. The molecule has 12 heteroatoms.